The zero-order valence-electron chi connectivity index (χ0n) is 20.0. The first-order valence-electron chi connectivity index (χ1n) is 11.5. The molecule has 3 heterocycles. The van der Waals surface area contributed by atoms with Gasteiger partial charge in [0.15, 0.2) is 5.16 Å². The van der Waals surface area contributed by atoms with Crippen LogP contribution in [0.25, 0.3) is 5.69 Å². The van der Waals surface area contributed by atoms with Crippen LogP contribution in [0.1, 0.15) is 35.4 Å². The van der Waals surface area contributed by atoms with Crippen LogP contribution in [0.3, 0.4) is 0 Å². The smallest absolute Gasteiger partial charge is 0.233 e. The molecule has 4 rings (SSSR count). The van der Waals surface area contributed by atoms with Gasteiger partial charge in [0, 0.05) is 25.2 Å². The van der Waals surface area contributed by atoms with Crippen LogP contribution in [0.5, 0.6) is 0 Å². The van der Waals surface area contributed by atoms with E-state index < -0.39 is 0 Å². The topological polar surface area (TPSA) is 93.0 Å². The second-order valence-electron chi connectivity index (χ2n) is 8.81. The lowest BCUT2D eigenvalue weighted by molar-refractivity contribution is -0.132. The fourth-order valence-corrected chi connectivity index (χ4v) is 5.01. The van der Waals surface area contributed by atoms with Gasteiger partial charge in [0.2, 0.25) is 11.8 Å². The number of carbonyl (C=O) groups is 2. The molecule has 0 saturated carbocycles. The van der Waals surface area contributed by atoms with Crippen molar-refractivity contribution in [3.63, 3.8) is 0 Å². The zero-order valence-corrected chi connectivity index (χ0v) is 20.9. The van der Waals surface area contributed by atoms with Gasteiger partial charge >= 0.3 is 0 Å². The average molecular weight is 479 g/mol. The highest BCUT2D eigenvalue weighted by molar-refractivity contribution is 7.99. The van der Waals surface area contributed by atoms with E-state index in [1.165, 1.54) is 11.8 Å². The molecule has 1 aliphatic heterocycles. The number of aromatic nitrogens is 4. The van der Waals surface area contributed by atoms with Crippen LogP contribution < -0.4 is 5.32 Å². The monoisotopic (exact) mass is 478 g/mol. The van der Waals surface area contributed by atoms with Crippen molar-refractivity contribution in [1.29, 1.82) is 0 Å². The number of hydrogen-bond donors (Lipinski definition) is 1. The quantitative estimate of drug-likeness (QED) is 0.541. The van der Waals surface area contributed by atoms with E-state index in [4.69, 9.17) is 0 Å². The van der Waals surface area contributed by atoms with Crippen molar-refractivity contribution in [2.45, 2.75) is 45.7 Å². The van der Waals surface area contributed by atoms with Crippen LogP contribution in [0.4, 0.5) is 5.82 Å². The summed E-state index contributed by atoms with van der Waals surface area (Å²) < 4.78 is 2.01. The molecule has 0 bridgehead atoms. The zero-order chi connectivity index (χ0) is 24.2. The van der Waals surface area contributed by atoms with E-state index in [0.717, 1.165) is 28.2 Å². The lowest BCUT2D eigenvalue weighted by Gasteiger charge is -2.31. The van der Waals surface area contributed by atoms with E-state index in [9.17, 15) is 9.59 Å². The van der Waals surface area contributed by atoms with E-state index in [1.54, 1.807) is 6.20 Å². The summed E-state index contributed by atoms with van der Waals surface area (Å²) >= 11 is 1.40. The summed E-state index contributed by atoms with van der Waals surface area (Å²) in [6, 6.07) is 10.0. The summed E-state index contributed by atoms with van der Waals surface area (Å²) in [4.78, 5) is 31.5. The van der Waals surface area contributed by atoms with E-state index in [2.05, 4.69) is 52.5 Å². The highest BCUT2D eigenvalue weighted by Crippen LogP contribution is 2.26. The van der Waals surface area contributed by atoms with Crippen LogP contribution in [0, 0.1) is 33.6 Å². The number of carbonyl (C=O) groups excluding carboxylic acids is 2. The second-order valence-corrected chi connectivity index (χ2v) is 9.75. The standard InChI is InChI=1S/C25H30N6O2S/c1-16-5-6-18(3)21(13-16)31-19(4)28-29-25(31)34-15-23(32)30-11-8-20(9-12-30)24(33)27-22-14-17(2)7-10-26-22/h5-7,10,13-14,20H,8-9,11-12,15H2,1-4H3,(H,26,27,33). The number of nitrogens with one attached hydrogen (secondary N) is 1. The van der Waals surface area contributed by atoms with Gasteiger partial charge < -0.3 is 10.2 Å². The lowest BCUT2D eigenvalue weighted by Crippen LogP contribution is -2.42. The molecule has 0 spiro atoms. The Kier molecular flexibility index (Phi) is 7.31. The number of likely N-dealkylation sites (tertiary alicyclic amines) is 1. The molecule has 8 nitrogen and oxygen atoms in total. The van der Waals surface area contributed by atoms with Crippen molar-refractivity contribution in [3.05, 3.63) is 59.0 Å². The SMILES string of the molecule is Cc1ccnc(NC(=O)C2CCN(C(=O)CSc3nnc(C)n3-c3cc(C)ccc3C)CC2)c1. The minimum Gasteiger partial charge on any atom is -0.342 e. The Labute approximate surface area is 204 Å². The van der Waals surface area contributed by atoms with Gasteiger partial charge in [-0.05, 0) is 75.4 Å². The number of nitrogens with zero attached hydrogens (tertiary/aromatic N) is 5. The molecule has 0 aliphatic carbocycles. The first kappa shape index (κ1) is 23.9. The molecule has 0 atom stereocenters. The minimum atomic E-state index is -0.117. The molecule has 1 fully saturated rings. The molecule has 34 heavy (non-hydrogen) atoms. The number of amides is 2. The van der Waals surface area contributed by atoms with Gasteiger partial charge in [-0.15, -0.1) is 10.2 Å². The molecule has 3 aromatic rings. The van der Waals surface area contributed by atoms with Crippen LogP contribution >= 0.6 is 11.8 Å². The summed E-state index contributed by atoms with van der Waals surface area (Å²) in [5.74, 6) is 1.55. The van der Waals surface area contributed by atoms with Gasteiger partial charge in [0.1, 0.15) is 11.6 Å². The Bertz CT molecular complexity index is 1200. The number of piperidine rings is 1. The summed E-state index contributed by atoms with van der Waals surface area (Å²) in [5.41, 5.74) is 4.37. The summed E-state index contributed by atoms with van der Waals surface area (Å²) in [7, 11) is 0. The molecule has 1 N–H and O–H groups in total. The van der Waals surface area contributed by atoms with Crippen LogP contribution in [0.15, 0.2) is 41.7 Å². The van der Waals surface area contributed by atoms with Gasteiger partial charge in [0.05, 0.1) is 11.4 Å². The van der Waals surface area contributed by atoms with Crippen molar-refractivity contribution < 1.29 is 9.59 Å². The fourth-order valence-electron chi connectivity index (χ4n) is 4.12. The number of pyridine rings is 1. The first-order chi connectivity index (χ1) is 16.3. The van der Waals surface area contributed by atoms with Gasteiger partial charge in [-0.25, -0.2) is 4.98 Å². The normalized spacial score (nSPS) is 14.3. The third kappa shape index (κ3) is 5.47. The lowest BCUT2D eigenvalue weighted by atomic mass is 9.96. The van der Waals surface area contributed by atoms with E-state index in [0.29, 0.717) is 36.9 Å². The van der Waals surface area contributed by atoms with Crippen LogP contribution in [-0.2, 0) is 9.59 Å². The molecule has 1 aromatic carbocycles. The Hall–Kier alpha value is -3.20. The molecule has 0 unspecified atom stereocenters. The third-order valence-corrected chi connectivity index (χ3v) is 7.02. The van der Waals surface area contributed by atoms with Crippen molar-refractivity contribution in [2.24, 2.45) is 5.92 Å². The fraction of sp³-hybridized carbons (Fsp3) is 0.400. The predicted octanol–water partition coefficient (Wildman–Crippen LogP) is 3.87. The van der Waals surface area contributed by atoms with Crippen molar-refractivity contribution >= 4 is 29.4 Å². The Morgan fingerprint density at radius 3 is 2.50 bits per heavy atom. The van der Waals surface area contributed by atoms with E-state index in [-0.39, 0.29) is 23.5 Å². The van der Waals surface area contributed by atoms with Gasteiger partial charge in [-0.2, -0.15) is 0 Å². The number of benzene rings is 1. The van der Waals surface area contributed by atoms with Crippen LogP contribution in [-0.4, -0.2) is 55.3 Å². The molecular weight excluding hydrogens is 448 g/mol. The molecule has 0 radical (unpaired) electrons. The maximum atomic E-state index is 12.9. The highest BCUT2D eigenvalue weighted by atomic mass is 32.2. The van der Waals surface area contributed by atoms with Crippen LogP contribution in [0.2, 0.25) is 0 Å². The molecule has 178 valence electrons. The summed E-state index contributed by atoms with van der Waals surface area (Å²) in [6.45, 7) is 9.14. The second kappa shape index (κ2) is 10.4. The number of anilines is 1. The average Bonchev–Trinajstić information content (AvgIpc) is 3.19. The molecule has 2 amide bonds. The summed E-state index contributed by atoms with van der Waals surface area (Å²) in [5, 5.41) is 12.2. The Morgan fingerprint density at radius 2 is 1.76 bits per heavy atom. The van der Waals surface area contributed by atoms with Crippen molar-refractivity contribution in [3.8, 4) is 5.69 Å². The van der Waals surface area contributed by atoms with E-state index >= 15 is 0 Å². The van der Waals surface area contributed by atoms with Gasteiger partial charge in [-0.3, -0.25) is 14.2 Å². The Balaban J connectivity index is 1.32. The molecule has 1 aliphatic rings. The molecule has 2 aromatic heterocycles. The molecular formula is C25H30N6O2S. The predicted molar refractivity (Wildman–Crippen MR) is 133 cm³/mol. The molecule has 1 saturated heterocycles. The number of aryl methyl sites for hydroxylation is 4. The first-order valence-corrected chi connectivity index (χ1v) is 12.4. The van der Waals surface area contributed by atoms with Gasteiger partial charge in [0.25, 0.3) is 0 Å². The molecule has 9 heteroatoms. The summed E-state index contributed by atoms with van der Waals surface area (Å²) in [6.07, 6.45) is 2.98. The maximum Gasteiger partial charge on any atom is 0.233 e. The van der Waals surface area contributed by atoms with Crippen molar-refractivity contribution in [1.82, 2.24) is 24.6 Å². The van der Waals surface area contributed by atoms with Crippen molar-refractivity contribution in [2.75, 3.05) is 24.2 Å². The minimum absolute atomic E-state index is 0.0309. The number of thioether (sulfide) groups is 1. The van der Waals surface area contributed by atoms with Gasteiger partial charge in [-0.1, -0.05) is 23.9 Å². The Morgan fingerprint density at radius 1 is 1.03 bits per heavy atom. The maximum absolute atomic E-state index is 12.9. The third-order valence-electron chi connectivity index (χ3n) is 6.11. The number of rotatable bonds is 6. The highest BCUT2D eigenvalue weighted by Gasteiger charge is 2.28. The van der Waals surface area contributed by atoms with E-state index in [1.807, 2.05) is 35.4 Å². The number of hydrogen-bond acceptors (Lipinski definition) is 6. The largest absolute Gasteiger partial charge is 0.342 e.